The molecule has 4 aliphatic rings. The van der Waals surface area contributed by atoms with Crippen LogP contribution in [0.3, 0.4) is 0 Å². The van der Waals surface area contributed by atoms with Crippen LogP contribution in [0.5, 0.6) is 0 Å². The largest absolute Gasteiger partial charge is 0.458 e. The van der Waals surface area contributed by atoms with E-state index in [2.05, 4.69) is 0 Å². The lowest BCUT2D eigenvalue weighted by atomic mass is 9.59. The van der Waals surface area contributed by atoms with Crippen LogP contribution in [0.15, 0.2) is 23.3 Å². The van der Waals surface area contributed by atoms with E-state index in [1.165, 1.54) is 6.92 Å². The van der Waals surface area contributed by atoms with Gasteiger partial charge in [0.15, 0.2) is 11.4 Å². The quantitative estimate of drug-likeness (QED) is 0.395. The molecular formula is C27H38O8. The smallest absolute Gasteiger partial charge is 0.309 e. The molecule has 0 spiro atoms. The molecule has 4 rings (SSSR count). The van der Waals surface area contributed by atoms with Gasteiger partial charge in [-0.05, 0) is 24.5 Å². The lowest BCUT2D eigenvalue weighted by Crippen LogP contribution is -2.66. The molecule has 0 saturated heterocycles. The van der Waals surface area contributed by atoms with Gasteiger partial charge in [-0.3, -0.25) is 14.4 Å². The Balaban J connectivity index is 1.94. The molecule has 9 atom stereocenters. The number of hydrogen-bond acceptors (Lipinski definition) is 8. The van der Waals surface area contributed by atoms with Gasteiger partial charge in [0.2, 0.25) is 0 Å². The third kappa shape index (κ3) is 3.18. The fraction of sp³-hybridized carbons (Fsp3) is 0.741. The molecule has 0 bridgehead atoms. The van der Waals surface area contributed by atoms with Crippen LogP contribution in [0.1, 0.15) is 61.3 Å². The summed E-state index contributed by atoms with van der Waals surface area (Å²) in [5.41, 5.74) is -4.74. The fourth-order valence-electron chi connectivity index (χ4n) is 7.44. The zero-order valence-electron chi connectivity index (χ0n) is 21.6. The van der Waals surface area contributed by atoms with Crippen molar-refractivity contribution in [3.8, 4) is 0 Å². The number of carbonyl (C=O) groups excluding carboxylic acids is 3. The Hall–Kier alpha value is -2.03. The SMILES string of the molecule is CC[C@@H](C)C(=O)O[C@@]12[C@H]([C@@H]3C=C(CO)C[C@@]4(O)C(=O)C(C)=C[C@@H]4[C@]3(O)[C@H](C)[C@@H]1OC(C)=O)C2(C)C. The number of aliphatic hydroxyl groups is 3. The van der Waals surface area contributed by atoms with E-state index in [4.69, 9.17) is 9.47 Å². The standard InChI is InChI=1S/C27H38O8/c1-8-13(2)23(31)35-27-20(24(27,6)7)18-10-17(12-28)11-25(32)19(9-14(3)21(25)30)26(18,33)15(4)22(27)34-16(5)29/h9-10,13,15,18-20,22,28,32-33H,8,11-12H2,1-7H3/t13-,15-,18+,19+,20-,22+,25+,26+,27+/m1/s1. The monoisotopic (exact) mass is 490 g/mol. The number of fused-ring (bicyclic) bond motifs is 5. The number of aliphatic hydroxyl groups excluding tert-OH is 1. The lowest BCUT2D eigenvalue weighted by molar-refractivity contribution is -0.229. The Labute approximate surface area is 206 Å². The maximum Gasteiger partial charge on any atom is 0.309 e. The minimum absolute atomic E-state index is 0.114. The van der Waals surface area contributed by atoms with Gasteiger partial charge >= 0.3 is 11.9 Å². The molecule has 0 aromatic carbocycles. The first-order valence-corrected chi connectivity index (χ1v) is 12.5. The topological polar surface area (TPSA) is 130 Å². The first-order chi connectivity index (χ1) is 16.1. The molecule has 8 heteroatoms. The minimum atomic E-state index is -1.93. The van der Waals surface area contributed by atoms with Crippen molar-refractivity contribution < 1.29 is 39.2 Å². The fourth-order valence-corrected chi connectivity index (χ4v) is 7.44. The third-order valence-corrected chi connectivity index (χ3v) is 9.54. The van der Waals surface area contributed by atoms with Gasteiger partial charge in [-0.1, -0.05) is 46.8 Å². The molecule has 0 aliphatic heterocycles. The summed E-state index contributed by atoms with van der Waals surface area (Å²) in [6.07, 6.45) is 2.83. The Morgan fingerprint density at radius 3 is 2.40 bits per heavy atom. The van der Waals surface area contributed by atoms with Crippen molar-refractivity contribution in [1.29, 1.82) is 0 Å². The van der Waals surface area contributed by atoms with Crippen molar-refractivity contribution in [3.63, 3.8) is 0 Å². The first kappa shape index (κ1) is 26.0. The van der Waals surface area contributed by atoms with Crippen LogP contribution in [0.25, 0.3) is 0 Å². The summed E-state index contributed by atoms with van der Waals surface area (Å²) in [5.74, 6) is -4.75. The van der Waals surface area contributed by atoms with E-state index in [1.807, 2.05) is 20.8 Å². The van der Waals surface area contributed by atoms with Gasteiger partial charge in [0.05, 0.1) is 18.1 Å². The average molecular weight is 491 g/mol. The van der Waals surface area contributed by atoms with Gasteiger partial charge in [-0.25, -0.2) is 0 Å². The van der Waals surface area contributed by atoms with Crippen molar-refractivity contribution in [2.75, 3.05) is 6.61 Å². The molecule has 4 aliphatic carbocycles. The lowest BCUT2D eigenvalue weighted by Gasteiger charge is -2.53. The summed E-state index contributed by atoms with van der Waals surface area (Å²) in [5, 5.41) is 34.3. The molecule has 0 radical (unpaired) electrons. The van der Waals surface area contributed by atoms with Crippen molar-refractivity contribution >= 4 is 17.7 Å². The number of hydrogen-bond donors (Lipinski definition) is 3. The number of esters is 2. The molecule has 0 aromatic rings. The number of rotatable bonds is 5. The molecule has 0 aromatic heterocycles. The molecule has 0 heterocycles. The predicted octanol–water partition coefficient (Wildman–Crippen LogP) is 2.10. The minimum Gasteiger partial charge on any atom is -0.458 e. The van der Waals surface area contributed by atoms with Gasteiger partial charge in [0.1, 0.15) is 11.7 Å². The summed E-state index contributed by atoms with van der Waals surface area (Å²) in [6, 6.07) is 0. The Morgan fingerprint density at radius 1 is 1.23 bits per heavy atom. The highest BCUT2D eigenvalue weighted by atomic mass is 16.6. The summed E-state index contributed by atoms with van der Waals surface area (Å²) >= 11 is 0. The second-order valence-corrected chi connectivity index (χ2v) is 11.7. The van der Waals surface area contributed by atoms with Crippen molar-refractivity contribution in [2.24, 2.45) is 35.0 Å². The van der Waals surface area contributed by atoms with E-state index >= 15 is 0 Å². The normalized spacial score (nSPS) is 44.1. The van der Waals surface area contributed by atoms with Crippen molar-refractivity contribution in [3.05, 3.63) is 23.3 Å². The second kappa shape index (κ2) is 7.98. The molecule has 8 nitrogen and oxygen atoms in total. The molecule has 0 unspecified atom stereocenters. The zero-order chi connectivity index (χ0) is 26.3. The van der Waals surface area contributed by atoms with E-state index in [-0.39, 0.29) is 18.9 Å². The van der Waals surface area contributed by atoms with Gasteiger partial charge in [-0.2, -0.15) is 0 Å². The maximum atomic E-state index is 13.1. The predicted molar refractivity (Wildman–Crippen MR) is 126 cm³/mol. The van der Waals surface area contributed by atoms with Crippen LogP contribution in [0.2, 0.25) is 0 Å². The van der Waals surface area contributed by atoms with Gasteiger partial charge < -0.3 is 24.8 Å². The Bertz CT molecular complexity index is 1030. The highest BCUT2D eigenvalue weighted by Gasteiger charge is 2.88. The van der Waals surface area contributed by atoms with Crippen LogP contribution in [0.4, 0.5) is 0 Å². The van der Waals surface area contributed by atoms with Gasteiger partial charge in [0, 0.05) is 42.4 Å². The van der Waals surface area contributed by atoms with E-state index in [1.54, 1.807) is 32.9 Å². The molecule has 2 fully saturated rings. The van der Waals surface area contributed by atoms with E-state index < -0.39 is 69.7 Å². The summed E-state index contributed by atoms with van der Waals surface area (Å²) in [7, 11) is 0. The van der Waals surface area contributed by atoms with Crippen molar-refractivity contribution in [2.45, 2.75) is 84.2 Å². The summed E-state index contributed by atoms with van der Waals surface area (Å²) < 4.78 is 12.0. The molecule has 194 valence electrons. The average Bonchev–Trinajstić information content (AvgIpc) is 3.21. The number of carbonyl (C=O) groups is 3. The van der Waals surface area contributed by atoms with Crippen LogP contribution in [-0.2, 0) is 23.9 Å². The molecular weight excluding hydrogens is 452 g/mol. The highest BCUT2D eigenvalue weighted by molar-refractivity contribution is 6.04. The van der Waals surface area contributed by atoms with Crippen LogP contribution < -0.4 is 0 Å². The molecule has 2 saturated carbocycles. The van der Waals surface area contributed by atoms with E-state index in [9.17, 15) is 29.7 Å². The van der Waals surface area contributed by atoms with Gasteiger partial charge in [-0.15, -0.1) is 0 Å². The Morgan fingerprint density at radius 2 is 1.86 bits per heavy atom. The van der Waals surface area contributed by atoms with E-state index in [0.717, 1.165) is 0 Å². The third-order valence-electron chi connectivity index (χ3n) is 9.54. The zero-order valence-corrected chi connectivity index (χ0v) is 21.6. The number of Topliss-reactive ketones (excluding diaryl/α,β-unsaturated/α-hetero) is 1. The molecule has 0 amide bonds. The second-order valence-electron chi connectivity index (χ2n) is 11.7. The van der Waals surface area contributed by atoms with E-state index in [0.29, 0.717) is 17.6 Å². The molecule has 3 N–H and O–H groups in total. The van der Waals surface area contributed by atoms with Gasteiger partial charge in [0.25, 0.3) is 0 Å². The number of ketones is 1. The summed E-state index contributed by atoms with van der Waals surface area (Å²) in [6.45, 7) is 11.7. The summed E-state index contributed by atoms with van der Waals surface area (Å²) in [4.78, 5) is 38.4. The Kier molecular flexibility index (Phi) is 5.94. The first-order valence-electron chi connectivity index (χ1n) is 12.5. The van der Waals surface area contributed by atoms with Crippen LogP contribution in [-0.4, -0.2) is 62.6 Å². The van der Waals surface area contributed by atoms with Crippen LogP contribution >= 0.6 is 0 Å². The number of ether oxygens (including phenoxy) is 2. The highest BCUT2D eigenvalue weighted by Crippen LogP contribution is 2.77. The molecule has 35 heavy (non-hydrogen) atoms. The van der Waals surface area contributed by atoms with Crippen LogP contribution in [0, 0.1) is 35.0 Å². The van der Waals surface area contributed by atoms with Crippen molar-refractivity contribution in [1.82, 2.24) is 0 Å². The maximum absolute atomic E-state index is 13.1.